The number of carbonyl (C=O) groups excluding carboxylic acids is 2. The minimum Gasteiger partial charge on any atom is -0.497 e. The van der Waals surface area contributed by atoms with E-state index < -0.39 is 0 Å². The molecule has 0 spiro atoms. The lowest BCUT2D eigenvalue weighted by atomic mass is 10.0. The summed E-state index contributed by atoms with van der Waals surface area (Å²) in [6.07, 6.45) is 1.48. The van der Waals surface area contributed by atoms with Gasteiger partial charge in [0.25, 0.3) is 11.8 Å². The molecule has 7 heteroatoms. The number of benzene rings is 2. The van der Waals surface area contributed by atoms with E-state index in [0.29, 0.717) is 30.1 Å². The number of rotatable bonds is 7. The third-order valence-corrected chi connectivity index (χ3v) is 7.12. The lowest BCUT2D eigenvalue weighted by Gasteiger charge is -2.32. The summed E-state index contributed by atoms with van der Waals surface area (Å²) in [5.74, 6) is 1.54. The summed E-state index contributed by atoms with van der Waals surface area (Å²) >= 11 is 1.51. The Bertz CT molecular complexity index is 1130. The van der Waals surface area contributed by atoms with Crippen LogP contribution in [-0.2, 0) is 0 Å². The number of methoxy groups -OCH3 is 1. The molecule has 3 aromatic rings. The molecule has 2 heterocycles. The number of carbonyl (C=O) groups is 2. The molecule has 2 aromatic carbocycles. The zero-order valence-electron chi connectivity index (χ0n) is 19.8. The summed E-state index contributed by atoms with van der Waals surface area (Å²) in [4.78, 5) is 29.4. The summed E-state index contributed by atoms with van der Waals surface area (Å²) in [7, 11) is 1.65. The van der Waals surface area contributed by atoms with E-state index in [0.717, 1.165) is 40.3 Å². The molecule has 34 heavy (non-hydrogen) atoms. The van der Waals surface area contributed by atoms with Crippen LogP contribution in [0, 0.1) is 6.92 Å². The Hall–Kier alpha value is -3.32. The molecule has 0 atom stereocenters. The molecule has 1 aliphatic rings. The van der Waals surface area contributed by atoms with Crippen molar-refractivity contribution in [2.45, 2.75) is 32.7 Å². The van der Waals surface area contributed by atoms with Crippen LogP contribution in [0.3, 0.4) is 0 Å². The zero-order chi connectivity index (χ0) is 24.1. The Balaban J connectivity index is 1.32. The Labute approximate surface area is 204 Å². The first-order chi connectivity index (χ1) is 16.5. The van der Waals surface area contributed by atoms with Gasteiger partial charge in [0.2, 0.25) is 0 Å². The highest BCUT2D eigenvalue weighted by Crippen LogP contribution is 2.32. The quantitative estimate of drug-likeness (QED) is 0.509. The van der Waals surface area contributed by atoms with Crippen molar-refractivity contribution >= 4 is 23.2 Å². The van der Waals surface area contributed by atoms with Crippen molar-refractivity contribution in [3.8, 4) is 22.6 Å². The van der Waals surface area contributed by atoms with E-state index in [1.54, 1.807) is 19.2 Å². The van der Waals surface area contributed by atoms with Crippen molar-refractivity contribution in [2.24, 2.45) is 0 Å². The number of likely N-dealkylation sites (tertiary alicyclic amines) is 1. The predicted molar refractivity (Wildman–Crippen MR) is 135 cm³/mol. The Morgan fingerprint density at radius 3 is 2.29 bits per heavy atom. The molecule has 0 aliphatic carbocycles. The third-order valence-electron chi connectivity index (χ3n) is 6.07. The molecule has 0 bridgehead atoms. The summed E-state index contributed by atoms with van der Waals surface area (Å²) in [6, 6.07) is 17.1. The molecule has 1 fully saturated rings. The van der Waals surface area contributed by atoms with Crippen molar-refractivity contribution in [2.75, 3.05) is 26.8 Å². The third kappa shape index (κ3) is 5.42. The molecule has 4 rings (SSSR count). The van der Waals surface area contributed by atoms with E-state index >= 15 is 0 Å². The average molecular weight is 479 g/mol. The molecule has 1 saturated heterocycles. The number of aryl methyl sites for hydroxylation is 1. The first-order valence-electron chi connectivity index (χ1n) is 11.6. The van der Waals surface area contributed by atoms with E-state index in [9.17, 15) is 9.59 Å². The van der Waals surface area contributed by atoms with Crippen molar-refractivity contribution < 1.29 is 19.1 Å². The van der Waals surface area contributed by atoms with Crippen LogP contribution in [0.25, 0.3) is 11.1 Å². The van der Waals surface area contributed by atoms with Crippen LogP contribution >= 0.6 is 11.3 Å². The summed E-state index contributed by atoms with van der Waals surface area (Å²) in [5, 5.41) is 3.16. The van der Waals surface area contributed by atoms with Gasteiger partial charge in [0.05, 0.1) is 18.6 Å². The van der Waals surface area contributed by atoms with Crippen molar-refractivity contribution in [1.29, 1.82) is 0 Å². The maximum absolute atomic E-state index is 12.9. The summed E-state index contributed by atoms with van der Waals surface area (Å²) in [5.41, 5.74) is 2.79. The molecule has 1 aliphatic heterocycles. The molecular formula is C27H30N2O4S. The van der Waals surface area contributed by atoms with Gasteiger partial charge < -0.3 is 19.7 Å². The van der Waals surface area contributed by atoms with Gasteiger partial charge in [0.1, 0.15) is 11.5 Å². The number of nitrogens with one attached hydrogen (secondary N) is 1. The smallest absolute Gasteiger partial charge is 0.261 e. The SMILES string of the molecule is CCOc1ccc(C(=O)N2CCC(NC(=O)c3cc(-c4ccc(OC)cc4)c(C)s3)CC2)cc1. The van der Waals surface area contributed by atoms with Gasteiger partial charge in [0.15, 0.2) is 0 Å². The fourth-order valence-electron chi connectivity index (χ4n) is 4.18. The molecule has 1 aromatic heterocycles. The van der Waals surface area contributed by atoms with Crippen LogP contribution < -0.4 is 14.8 Å². The van der Waals surface area contributed by atoms with Gasteiger partial charge in [-0.25, -0.2) is 0 Å². The molecule has 0 radical (unpaired) electrons. The van der Waals surface area contributed by atoms with Crippen molar-refractivity contribution in [1.82, 2.24) is 10.2 Å². The Morgan fingerprint density at radius 2 is 1.68 bits per heavy atom. The van der Waals surface area contributed by atoms with E-state index in [1.165, 1.54) is 11.3 Å². The topological polar surface area (TPSA) is 67.9 Å². The second-order valence-corrected chi connectivity index (χ2v) is 9.56. The summed E-state index contributed by atoms with van der Waals surface area (Å²) in [6.45, 7) is 5.81. The Morgan fingerprint density at radius 1 is 1.03 bits per heavy atom. The van der Waals surface area contributed by atoms with Gasteiger partial charge in [-0.2, -0.15) is 0 Å². The Kier molecular flexibility index (Phi) is 7.53. The van der Waals surface area contributed by atoms with Gasteiger partial charge in [-0.1, -0.05) is 12.1 Å². The highest BCUT2D eigenvalue weighted by Gasteiger charge is 2.25. The van der Waals surface area contributed by atoms with E-state index in [1.807, 2.05) is 61.2 Å². The largest absolute Gasteiger partial charge is 0.497 e. The number of piperidine rings is 1. The van der Waals surface area contributed by atoms with Crippen molar-refractivity contribution in [3.05, 3.63) is 69.9 Å². The number of ether oxygens (including phenoxy) is 2. The van der Waals surface area contributed by atoms with Crippen LogP contribution in [-0.4, -0.2) is 49.6 Å². The normalized spacial score (nSPS) is 14.0. The molecular weight excluding hydrogens is 448 g/mol. The van der Waals surface area contributed by atoms with Crippen molar-refractivity contribution in [3.63, 3.8) is 0 Å². The van der Waals surface area contributed by atoms with Crippen LogP contribution in [0.1, 0.15) is 44.7 Å². The number of hydrogen-bond acceptors (Lipinski definition) is 5. The monoisotopic (exact) mass is 478 g/mol. The summed E-state index contributed by atoms with van der Waals surface area (Å²) < 4.78 is 10.7. The van der Waals surface area contributed by atoms with Gasteiger partial charge >= 0.3 is 0 Å². The fraction of sp³-hybridized carbons (Fsp3) is 0.333. The standard InChI is InChI=1S/C27H30N2O4S/c1-4-33-23-11-7-20(8-12-23)27(31)29-15-13-21(14-16-29)28-26(30)25-17-24(18(2)34-25)19-5-9-22(32-3)10-6-19/h5-12,17,21H,4,13-16H2,1-3H3,(H,28,30). The van der Waals surface area contributed by atoms with Crippen LogP contribution in [0.5, 0.6) is 11.5 Å². The molecule has 0 saturated carbocycles. The van der Waals surface area contributed by atoms with E-state index in [-0.39, 0.29) is 17.9 Å². The van der Waals surface area contributed by atoms with E-state index in [4.69, 9.17) is 9.47 Å². The van der Waals surface area contributed by atoms with Crippen LogP contribution in [0.15, 0.2) is 54.6 Å². The second-order valence-electron chi connectivity index (χ2n) is 8.31. The van der Waals surface area contributed by atoms with Gasteiger partial charge in [-0.15, -0.1) is 11.3 Å². The first kappa shape index (κ1) is 23.8. The molecule has 0 unspecified atom stereocenters. The number of nitrogens with zero attached hydrogens (tertiary/aromatic N) is 1. The van der Waals surface area contributed by atoms with Gasteiger partial charge in [0, 0.05) is 29.6 Å². The fourth-order valence-corrected chi connectivity index (χ4v) is 5.12. The van der Waals surface area contributed by atoms with Gasteiger partial charge in [-0.3, -0.25) is 9.59 Å². The number of amides is 2. The highest BCUT2D eigenvalue weighted by molar-refractivity contribution is 7.14. The minimum absolute atomic E-state index is 0.0193. The second kappa shape index (κ2) is 10.7. The predicted octanol–water partition coefficient (Wildman–Crippen LogP) is 5.17. The van der Waals surface area contributed by atoms with Gasteiger partial charge in [-0.05, 0) is 80.3 Å². The average Bonchev–Trinajstić information content (AvgIpc) is 3.26. The molecule has 2 amide bonds. The first-order valence-corrected chi connectivity index (χ1v) is 12.4. The maximum Gasteiger partial charge on any atom is 0.261 e. The highest BCUT2D eigenvalue weighted by atomic mass is 32.1. The molecule has 178 valence electrons. The maximum atomic E-state index is 12.9. The molecule has 1 N–H and O–H groups in total. The molecule has 6 nitrogen and oxygen atoms in total. The zero-order valence-corrected chi connectivity index (χ0v) is 20.6. The minimum atomic E-state index is -0.0517. The lowest BCUT2D eigenvalue weighted by molar-refractivity contribution is 0.0698. The lowest BCUT2D eigenvalue weighted by Crippen LogP contribution is -2.46. The number of thiophene rings is 1. The van der Waals surface area contributed by atoms with E-state index in [2.05, 4.69) is 5.32 Å². The number of hydrogen-bond donors (Lipinski definition) is 1. The van der Waals surface area contributed by atoms with Crippen LogP contribution in [0.2, 0.25) is 0 Å². The van der Waals surface area contributed by atoms with Crippen LogP contribution in [0.4, 0.5) is 0 Å².